The number of rotatable bonds is 4. The SMILES string of the molecule is O=C(NCCC(=O)N1CCc2ccccc21)c1cccs1. The van der Waals surface area contributed by atoms with Crippen LogP contribution in [0.15, 0.2) is 41.8 Å². The van der Waals surface area contributed by atoms with Crippen molar-refractivity contribution in [1.29, 1.82) is 0 Å². The Labute approximate surface area is 127 Å². The highest BCUT2D eigenvalue weighted by Gasteiger charge is 2.23. The van der Waals surface area contributed by atoms with E-state index in [1.165, 1.54) is 16.9 Å². The molecule has 21 heavy (non-hydrogen) atoms. The Balaban J connectivity index is 1.53. The molecule has 0 bridgehead atoms. The van der Waals surface area contributed by atoms with E-state index in [0.29, 0.717) is 17.8 Å². The molecular weight excluding hydrogens is 284 g/mol. The van der Waals surface area contributed by atoms with Crippen LogP contribution < -0.4 is 10.2 Å². The number of para-hydroxylation sites is 1. The van der Waals surface area contributed by atoms with E-state index in [1.807, 2.05) is 34.5 Å². The number of amides is 2. The van der Waals surface area contributed by atoms with Crippen molar-refractivity contribution >= 4 is 28.8 Å². The van der Waals surface area contributed by atoms with E-state index >= 15 is 0 Å². The van der Waals surface area contributed by atoms with Gasteiger partial charge in [0.25, 0.3) is 5.91 Å². The third kappa shape index (κ3) is 2.97. The van der Waals surface area contributed by atoms with Crippen molar-refractivity contribution < 1.29 is 9.59 Å². The highest BCUT2D eigenvalue weighted by molar-refractivity contribution is 7.12. The van der Waals surface area contributed by atoms with Gasteiger partial charge in [-0.05, 0) is 29.5 Å². The van der Waals surface area contributed by atoms with Gasteiger partial charge in [0.2, 0.25) is 5.91 Å². The summed E-state index contributed by atoms with van der Waals surface area (Å²) in [4.78, 5) is 26.5. The van der Waals surface area contributed by atoms with E-state index in [2.05, 4.69) is 11.4 Å². The molecule has 108 valence electrons. The largest absolute Gasteiger partial charge is 0.351 e. The predicted octanol–water partition coefficient (Wildman–Crippen LogP) is 2.46. The third-order valence-corrected chi connectivity index (χ3v) is 4.43. The first-order valence-corrected chi connectivity index (χ1v) is 7.83. The smallest absolute Gasteiger partial charge is 0.261 e. The van der Waals surface area contributed by atoms with Crippen molar-refractivity contribution in [3.8, 4) is 0 Å². The molecule has 5 heteroatoms. The molecule has 1 N–H and O–H groups in total. The monoisotopic (exact) mass is 300 g/mol. The maximum absolute atomic E-state index is 12.3. The summed E-state index contributed by atoms with van der Waals surface area (Å²) in [6.45, 7) is 1.10. The molecule has 0 unspecified atom stereocenters. The van der Waals surface area contributed by atoms with Gasteiger partial charge in [-0.1, -0.05) is 24.3 Å². The van der Waals surface area contributed by atoms with Crippen molar-refractivity contribution in [2.45, 2.75) is 12.8 Å². The number of nitrogens with one attached hydrogen (secondary N) is 1. The Morgan fingerprint density at radius 3 is 2.86 bits per heavy atom. The third-order valence-electron chi connectivity index (χ3n) is 3.56. The van der Waals surface area contributed by atoms with Crippen LogP contribution in [0.3, 0.4) is 0 Å². The number of carbonyl (C=O) groups is 2. The van der Waals surface area contributed by atoms with E-state index in [9.17, 15) is 9.59 Å². The molecule has 2 amide bonds. The molecule has 1 aromatic carbocycles. The summed E-state index contributed by atoms with van der Waals surface area (Å²) in [5, 5.41) is 4.65. The lowest BCUT2D eigenvalue weighted by Crippen LogP contribution is -2.33. The standard InChI is InChI=1S/C16H16N2O2S/c19-15(7-9-17-16(20)14-6-3-11-21-14)18-10-8-12-4-1-2-5-13(12)18/h1-6,11H,7-10H2,(H,17,20). The van der Waals surface area contributed by atoms with Crippen LogP contribution in [0.25, 0.3) is 0 Å². The topological polar surface area (TPSA) is 49.4 Å². The molecule has 0 radical (unpaired) electrons. The van der Waals surface area contributed by atoms with Crippen LogP contribution in [-0.4, -0.2) is 24.9 Å². The average molecular weight is 300 g/mol. The van der Waals surface area contributed by atoms with E-state index in [1.54, 1.807) is 6.07 Å². The molecule has 1 aliphatic heterocycles. The van der Waals surface area contributed by atoms with Gasteiger partial charge in [-0.25, -0.2) is 0 Å². The van der Waals surface area contributed by atoms with Crippen LogP contribution >= 0.6 is 11.3 Å². The fourth-order valence-corrected chi connectivity index (χ4v) is 3.15. The fraction of sp³-hybridized carbons (Fsp3) is 0.250. The summed E-state index contributed by atoms with van der Waals surface area (Å²) in [6.07, 6.45) is 1.23. The summed E-state index contributed by atoms with van der Waals surface area (Å²) >= 11 is 1.40. The Morgan fingerprint density at radius 2 is 2.05 bits per heavy atom. The second-order valence-corrected chi connectivity index (χ2v) is 5.85. The maximum Gasteiger partial charge on any atom is 0.261 e. The zero-order chi connectivity index (χ0) is 14.7. The Bertz CT molecular complexity index is 652. The first kappa shape index (κ1) is 13.8. The Hall–Kier alpha value is -2.14. The molecule has 3 rings (SSSR count). The second-order valence-electron chi connectivity index (χ2n) is 4.91. The van der Waals surface area contributed by atoms with Crippen LogP contribution in [-0.2, 0) is 11.2 Å². The second kappa shape index (κ2) is 6.10. The lowest BCUT2D eigenvalue weighted by atomic mass is 10.2. The molecule has 0 saturated carbocycles. The zero-order valence-corrected chi connectivity index (χ0v) is 12.4. The maximum atomic E-state index is 12.3. The zero-order valence-electron chi connectivity index (χ0n) is 11.5. The van der Waals surface area contributed by atoms with E-state index < -0.39 is 0 Å². The van der Waals surface area contributed by atoms with Crippen LogP contribution in [0.2, 0.25) is 0 Å². The van der Waals surface area contributed by atoms with E-state index in [0.717, 1.165) is 18.7 Å². The van der Waals surface area contributed by atoms with Gasteiger partial charge >= 0.3 is 0 Å². The fourth-order valence-electron chi connectivity index (χ4n) is 2.51. The number of carbonyl (C=O) groups excluding carboxylic acids is 2. The van der Waals surface area contributed by atoms with Gasteiger partial charge < -0.3 is 10.2 Å². The normalized spacial score (nSPS) is 13.0. The minimum Gasteiger partial charge on any atom is -0.351 e. The van der Waals surface area contributed by atoms with Crippen LogP contribution in [0, 0.1) is 0 Å². The van der Waals surface area contributed by atoms with Gasteiger partial charge in [-0.15, -0.1) is 11.3 Å². The van der Waals surface area contributed by atoms with Gasteiger partial charge in [-0.2, -0.15) is 0 Å². The van der Waals surface area contributed by atoms with Gasteiger partial charge in [0.05, 0.1) is 4.88 Å². The van der Waals surface area contributed by atoms with Crippen LogP contribution in [0.5, 0.6) is 0 Å². The summed E-state index contributed by atoms with van der Waals surface area (Å²) in [7, 11) is 0. The number of hydrogen-bond acceptors (Lipinski definition) is 3. The lowest BCUT2D eigenvalue weighted by Gasteiger charge is -2.17. The summed E-state index contributed by atoms with van der Waals surface area (Å²) in [6, 6.07) is 11.6. The van der Waals surface area contributed by atoms with Crippen molar-refractivity contribution in [3.05, 3.63) is 52.2 Å². The number of anilines is 1. The summed E-state index contributed by atoms with van der Waals surface area (Å²) in [5.41, 5.74) is 2.22. The van der Waals surface area contributed by atoms with Gasteiger partial charge in [0.1, 0.15) is 0 Å². The molecule has 2 aromatic rings. The molecule has 2 heterocycles. The van der Waals surface area contributed by atoms with Crippen molar-refractivity contribution in [2.75, 3.05) is 18.0 Å². The average Bonchev–Trinajstić information content (AvgIpc) is 3.16. The summed E-state index contributed by atoms with van der Waals surface area (Å²) in [5.74, 6) is -0.0500. The van der Waals surface area contributed by atoms with E-state index in [-0.39, 0.29) is 11.8 Å². The molecule has 1 aromatic heterocycles. The van der Waals surface area contributed by atoms with Crippen molar-refractivity contribution in [1.82, 2.24) is 5.32 Å². The van der Waals surface area contributed by atoms with Gasteiger partial charge in [0.15, 0.2) is 0 Å². The van der Waals surface area contributed by atoms with E-state index in [4.69, 9.17) is 0 Å². The van der Waals surface area contributed by atoms with Crippen molar-refractivity contribution in [2.24, 2.45) is 0 Å². The molecule has 4 nitrogen and oxygen atoms in total. The minimum atomic E-state index is -0.111. The lowest BCUT2D eigenvalue weighted by molar-refractivity contribution is -0.118. The number of thiophene rings is 1. The Morgan fingerprint density at radius 1 is 1.19 bits per heavy atom. The highest BCUT2D eigenvalue weighted by atomic mass is 32.1. The van der Waals surface area contributed by atoms with Gasteiger partial charge in [-0.3, -0.25) is 9.59 Å². The van der Waals surface area contributed by atoms with Crippen LogP contribution in [0.1, 0.15) is 21.7 Å². The molecule has 0 aliphatic carbocycles. The molecule has 0 fully saturated rings. The van der Waals surface area contributed by atoms with Crippen molar-refractivity contribution in [3.63, 3.8) is 0 Å². The van der Waals surface area contributed by atoms with Gasteiger partial charge in [0, 0.05) is 25.2 Å². The minimum absolute atomic E-state index is 0.0615. The predicted molar refractivity (Wildman–Crippen MR) is 83.8 cm³/mol. The molecule has 0 saturated heterocycles. The summed E-state index contributed by atoms with van der Waals surface area (Å²) < 4.78 is 0. The Kier molecular flexibility index (Phi) is 4.01. The molecule has 1 aliphatic rings. The first-order chi connectivity index (χ1) is 10.3. The number of fused-ring (bicyclic) bond motifs is 1. The number of hydrogen-bond donors (Lipinski definition) is 1. The molecule has 0 atom stereocenters. The number of benzene rings is 1. The quantitative estimate of drug-likeness (QED) is 0.943. The number of nitrogens with zero attached hydrogens (tertiary/aromatic N) is 1. The molecule has 0 spiro atoms. The van der Waals surface area contributed by atoms with Crippen LogP contribution in [0.4, 0.5) is 5.69 Å². The highest BCUT2D eigenvalue weighted by Crippen LogP contribution is 2.27. The first-order valence-electron chi connectivity index (χ1n) is 6.95. The molecular formula is C16H16N2O2S.